The van der Waals surface area contributed by atoms with Gasteiger partial charge in [0, 0.05) is 31.1 Å². The highest BCUT2D eigenvalue weighted by molar-refractivity contribution is 7.10. The van der Waals surface area contributed by atoms with Crippen molar-refractivity contribution in [2.45, 2.75) is 25.7 Å². The van der Waals surface area contributed by atoms with E-state index in [4.69, 9.17) is 5.73 Å². The average molecular weight is 309 g/mol. The molecule has 5 nitrogen and oxygen atoms in total. The van der Waals surface area contributed by atoms with Crippen LogP contribution in [0.25, 0.3) is 0 Å². The second kappa shape index (κ2) is 7.56. The number of nitrogens with one attached hydrogen (secondary N) is 1. The maximum Gasteiger partial charge on any atom is 0.230 e. The van der Waals surface area contributed by atoms with E-state index in [-0.39, 0.29) is 23.7 Å². The number of hydrogen-bond acceptors (Lipinski definition) is 4. The van der Waals surface area contributed by atoms with Crippen molar-refractivity contribution in [2.75, 3.05) is 26.2 Å². The Morgan fingerprint density at radius 3 is 3.05 bits per heavy atom. The van der Waals surface area contributed by atoms with Gasteiger partial charge in [-0.05, 0) is 31.2 Å². The van der Waals surface area contributed by atoms with Gasteiger partial charge in [0.2, 0.25) is 11.8 Å². The number of piperidine rings is 1. The van der Waals surface area contributed by atoms with E-state index in [0.717, 1.165) is 24.3 Å². The summed E-state index contributed by atoms with van der Waals surface area (Å²) in [5.74, 6) is -0.101. The monoisotopic (exact) mass is 309 g/mol. The minimum atomic E-state index is -0.129. The van der Waals surface area contributed by atoms with Crippen LogP contribution in [-0.2, 0) is 9.59 Å². The van der Waals surface area contributed by atoms with Crippen molar-refractivity contribution in [2.24, 2.45) is 11.7 Å². The molecule has 0 radical (unpaired) electrons. The molecule has 2 rings (SSSR count). The minimum absolute atomic E-state index is 0.0155. The van der Waals surface area contributed by atoms with Gasteiger partial charge in [-0.15, -0.1) is 11.3 Å². The zero-order valence-electron chi connectivity index (χ0n) is 12.4. The van der Waals surface area contributed by atoms with Gasteiger partial charge in [-0.1, -0.05) is 6.07 Å². The summed E-state index contributed by atoms with van der Waals surface area (Å²) in [5, 5.41) is 4.80. The van der Waals surface area contributed by atoms with E-state index in [1.807, 2.05) is 29.3 Å². The van der Waals surface area contributed by atoms with Crippen LogP contribution in [0.2, 0.25) is 0 Å². The smallest absolute Gasteiger partial charge is 0.230 e. The van der Waals surface area contributed by atoms with E-state index in [1.165, 1.54) is 0 Å². The first-order valence-corrected chi connectivity index (χ1v) is 8.31. The molecule has 0 aliphatic carbocycles. The van der Waals surface area contributed by atoms with Crippen LogP contribution in [0.3, 0.4) is 0 Å². The topological polar surface area (TPSA) is 75.4 Å². The fourth-order valence-electron chi connectivity index (χ4n) is 2.66. The predicted octanol–water partition coefficient (Wildman–Crippen LogP) is 1.17. The molecule has 1 aromatic rings. The highest BCUT2D eigenvalue weighted by atomic mass is 32.1. The summed E-state index contributed by atoms with van der Waals surface area (Å²) < 4.78 is 0. The van der Waals surface area contributed by atoms with Gasteiger partial charge in [0.1, 0.15) is 0 Å². The lowest BCUT2D eigenvalue weighted by Gasteiger charge is -2.33. The second-order valence-electron chi connectivity index (χ2n) is 5.44. The van der Waals surface area contributed by atoms with Crippen molar-refractivity contribution in [1.82, 2.24) is 10.2 Å². The first kappa shape index (κ1) is 16.0. The number of hydrogen-bond donors (Lipinski definition) is 2. The van der Waals surface area contributed by atoms with Crippen LogP contribution < -0.4 is 11.1 Å². The zero-order chi connectivity index (χ0) is 15.2. The average Bonchev–Trinajstić information content (AvgIpc) is 3.05. The van der Waals surface area contributed by atoms with E-state index in [1.54, 1.807) is 11.3 Å². The molecule has 3 N–H and O–H groups in total. The summed E-state index contributed by atoms with van der Waals surface area (Å²) >= 11 is 1.60. The molecule has 2 atom stereocenters. The molecule has 6 heteroatoms. The molecule has 2 amide bonds. The summed E-state index contributed by atoms with van der Waals surface area (Å²) in [5.41, 5.74) is 5.40. The van der Waals surface area contributed by atoms with Crippen LogP contribution >= 0.6 is 11.3 Å². The predicted molar refractivity (Wildman–Crippen MR) is 84.1 cm³/mol. The summed E-state index contributed by atoms with van der Waals surface area (Å²) in [6.07, 6.45) is 1.72. The Balaban J connectivity index is 1.94. The van der Waals surface area contributed by atoms with Crippen LogP contribution in [0.15, 0.2) is 17.5 Å². The SMILES string of the molecule is CC(C(=O)N1CCCC(C(=O)NCCN)C1)c1cccs1. The Kier molecular flexibility index (Phi) is 5.76. The van der Waals surface area contributed by atoms with Crippen molar-refractivity contribution in [3.8, 4) is 0 Å². The van der Waals surface area contributed by atoms with E-state index < -0.39 is 0 Å². The maximum absolute atomic E-state index is 12.6. The first-order valence-electron chi connectivity index (χ1n) is 7.43. The van der Waals surface area contributed by atoms with Crippen molar-refractivity contribution in [3.05, 3.63) is 22.4 Å². The number of nitrogens with zero attached hydrogens (tertiary/aromatic N) is 1. The molecule has 0 bridgehead atoms. The second-order valence-corrected chi connectivity index (χ2v) is 6.42. The van der Waals surface area contributed by atoms with Crippen LogP contribution in [0.1, 0.15) is 30.6 Å². The van der Waals surface area contributed by atoms with Crippen LogP contribution in [0, 0.1) is 5.92 Å². The van der Waals surface area contributed by atoms with Gasteiger partial charge in [0.25, 0.3) is 0 Å². The van der Waals surface area contributed by atoms with Gasteiger partial charge < -0.3 is 16.0 Å². The van der Waals surface area contributed by atoms with Gasteiger partial charge in [-0.2, -0.15) is 0 Å². The van der Waals surface area contributed by atoms with Crippen molar-refractivity contribution >= 4 is 23.2 Å². The lowest BCUT2D eigenvalue weighted by Crippen LogP contribution is -2.47. The molecule has 0 aromatic carbocycles. The normalized spacial score (nSPS) is 20.1. The lowest BCUT2D eigenvalue weighted by atomic mass is 9.95. The first-order chi connectivity index (χ1) is 10.1. The molecule has 116 valence electrons. The van der Waals surface area contributed by atoms with Gasteiger partial charge in [-0.25, -0.2) is 0 Å². The number of carbonyl (C=O) groups is 2. The Hall–Kier alpha value is -1.40. The molecule has 2 heterocycles. The summed E-state index contributed by atoms with van der Waals surface area (Å²) in [4.78, 5) is 27.5. The minimum Gasteiger partial charge on any atom is -0.355 e. The standard InChI is InChI=1S/C15H23N3O2S/c1-11(13-5-3-9-21-13)15(20)18-8-2-4-12(10-18)14(19)17-7-6-16/h3,5,9,11-12H,2,4,6-8,10,16H2,1H3,(H,17,19). The third-order valence-corrected chi connectivity index (χ3v) is 4.94. The largest absolute Gasteiger partial charge is 0.355 e. The van der Waals surface area contributed by atoms with Crippen LogP contribution in [0.4, 0.5) is 0 Å². The molecule has 21 heavy (non-hydrogen) atoms. The number of carbonyl (C=O) groups excluding carboxylic acids is 2. The number of rotatable bonds is 5. The Labute approximate surface area is 129 Å². The fourth-order valence-corrected chi connectivity index (χ4v) is 3.44. The zero-order valence-corrected chi connectivity index (χ0v) is 13.2. The molecule has 1 aromatic heterocycles. The Morgan fingerprint density at radius 2 is 2.38 bits per heavy atom. The van der Waals surface area contributed by atoms with Crippen LogP contribution in [0.5, 0.6) is 0 Å². The number of nitrogens with two attached hydrogens (primary N) is 1. The quantitative estimate of drug-likeness (QED) is 0.857. The molecule has 1 fully saturated rings. The highest BCUT2D eigenvalue weighted by Crippen LogP contribution is 2.25. The van der Waals surface area contributed by atoms with Gasteiger partial charge in [-0.3, -0.25) is 9.59 Å². The molecule has 1 aliphatic rings. The van der Waals surface area contributed by atoms with E-state index in [9.17, 15) is 9.59 Å². The fraction of sp³-hybridized carbons (Fsp3) is 0.600. The molecular formula is C15H23N3O2S. The van der Waals surface area contributed by atoms with E-state index >= 15 is 0 Å². The molecule has 1 aliphatic heterocycles. The van der Waals surface area contributed by atoms with Crippen molar-refractivity contribution < 1.29 is 9.59 Å². The molecule has 2 unspecified atom stereocenters. The van der Waals surface area contributed by atoms with Crippen LogP contribution in [-0.4, -0.2) is 42.9 Å². The van der Waals surface area contributed by atoms with Gasteiger partial charge >= 0.3 is 0 Å². The Morgan fingerprint density at radius 1 is 1.57 bits per heavy atom. The summed E-state index contributed by atoms with van der Waals surface area (Å²) in [6.45, 7) is 4.14. The lowest BCUT2D eigenvalue weighted by molar-refractivity contribution is -0.136. The number of likely N-dealkylation sites (tertiary alicyclic amines) is 1. The molecular weight excluding hydrogens is 286 g/mol. The highest BCUT2D eigenvalue weighted by Gasteiger charge is 2.30. The number of amides is 2. The summed E-state index contributed by atoms with van der Waals surface area (Å²) in [7, 11) is 0. The van der Waals surface area contributed by atoms with Crippen molar-refractivity contribution in [3.63, 3.8) is 0 Å². The van der Waals surface area contributed by atoms with Gasteiger partial charge in [0.05, 0.1) is 11.8 Å². The summed E-state index contributed by atoms with van der Waals surface area (Å²) in [6, 6.07) is 3.95. The number of thiophene rings is 1. The third kappa shape index (κ3) is 4.04. The molecule has 1 saturated heterocycles. The van der Waals surface area contributed by atoms with E-state index in [0.29, 0.717) is 19.6 Å². The molecule has 0 spiro atoms. The van der Waals surface area contributed by atoms with Gasteiger partial charge in [0.15, 0.2) is 0 Å². The third-order valence-electron chi connectivity index (χ3n) is 3.89. The van der Waals surface area contributed by atoms with Crippen molar-refractivity contribution in [1.29, 1.82) is 0 Å². The maximum atomic E-state index is 12.6. The van der Waals surface area contributed by atoms with E-state index in [2.05, 4.69) is 5.32 Å². The Bertz CT molecular complexity index is 475. The molecule has 0 saturated carbocycles.